The first kappa shape index (κ1) is 23.3. The monoisotopic (exact) mass is 486 g/mol. The van der Waals surface area contributed by atoms with Crippen LogP contribution in [0, 0.1) is 6.92 Å². The first-order chi connectivity index (χ1) is 17.5. The molecule has 5 rings (SSSR count). The molecule has 0 bridgehead atoms. The maximum absolute atomic E-state index is 13.5. The topological polar surface area (TPSA) is 86.3 Å². The lowest BCUT2D eigenvalue weighted by atomic mass is 10.0. The third-order valence-electron chi connectivity index (χ3n) is 6.00. The minimum atomic E-state index is -0.854. The van der Waals surface area contributed by atoms with Crippen molar-refractivity contribution in [3.8, 4) is 23.0 Å². The number of aryl methyl sites for hydroxylation is 1. The minimum absolute atomic E-state index is 0.181. The highest BCUT2D eigenvalue weighted by molar-refractivity contribution is 6.00. The molecule has 2 aliphatic heterocycles. The Labute approximate surface area is 209 Å². The van der Waals surface area contributed by atoms with Gasteiger partial charge in [0.15, 0.2) is 23.0 Å². The number of anilines is 1. The zero-order valence-electron chi connectivity index (χ0n) is 20.0. The van der Waals surface area contributed by atoms with Gasteiger partial charge in [0.05, 0.1) is 0 Å². The molecule has 2 aliphatic rings. The van der Waals surface area contributed by atoms with Gasteiger partial charge in [-0.2, -0.15) is 0 Å². The molecule has 0 unspecified atom stereocenters. The van der Waals surface area contributed by atoms with Gasteiger partial charge in [0.25, 0.3) is 5.91 Å². The second-order valence-corrected chi connectivity index (χ2v) is 8.56. The Morgan fingerprint density at radius 3 is 2.33 bits per heavy atom. The Morgan fingerprint density at radius 1 is 0.861 bits per heavy atom. The Balaban J connectivity index is 1.37. The summed E-state index contributed by atoms with van der Waals surface area (Å²) in [5, 5.41) is 2.92. The first-order valence-corrected chi connectivity index (χ1v) is 11.6. The van der Waals surface area contributed by atoms with Crippen LogP contribution < -0.4 is 24.3 Å². The van der Waals surface area contributed by atoms with Gasteiger partial charge in [0.2, 0.25) is 12.7 Å². The van der Waals surface area contributed by atoms with Crippen LogP contribution in [0.2, 0.25) is 0 Å². The molecule has 0 saturated heterocycles. The van der Waals surface area contributed by atoms with E-state index in [9.17, 15) is 9.59 Å². The predicted octanol–water partition coefficient (Wildman–Crippen LogP) is 4.35. The lowest BCUT2D eigenvalue weighted by Crippen LogP contribution is -2.38. The molecule has 1 N–H and O–H groups in total. The fraction of sp³-hybridized carbons (Fsp3) is 0.214. The first-order valence-electron chi connectivity index (χ1n) is 11.6. The van der Waals surface area contributed by atoms with Crippen LogP contribution in [0.4, 0.5) is 5.69 Å². The molecule has 3 aromatic carbocycles. The summed E-state index contributed by atoms with van der Waals surface area (Å²) in [5.41, 5.74) is 3.09. The van der Waals surface area contributed by atoms with E-state index in [2.05, 4.69) is 5.32 Å². The summed E-state index contributed by atoms with van der Waals surface area (Å²) in [6.45, 7) is 3.09. The molecule has 3 aromatic rings. The molecule has 0 spiro atoms. The lowest BCUT2D eigenvalue weighted by Gasteiger charge is -2.27. The highest BCUT2D eigenvalue weighted by atomic mass is 16.7. The number of carbonyl (C=O) groups is 2. The zero-order chi connectivity index (χ0) is 25.1. The number of rotatable bonds is 6. The van der Waals surface area contributed by atoms with E-state index in [0.29, 0.717) is 47.5 Å². The number of benzene rings is 3. The van der Waals surface area contributed by atoms with Gasteiger partial charge in [-0.25, -0.2) is 0 Å². The summed E-state index contributed by atoms with van der Waals surface area (Å²) < 4.78 is 21.9. The molecule has 0 radical (unpaired) electrons. The summed E-state index contributed by atoms with van der Waals surface area (Å²) in [7, 11) is 1.61. The molecular weight excluding hydrogens is 460 g/mol. The van der Waals surface area contributed by atoms with Crippen LogP contribution in [0.3, 0.4) is 0 Å². The zero-order valence-corrected chi connectivity index (χ0v) is 20.0. The molecule has 2 heterocycles. The van der Waals surface area contributed by atoms with Crippen LogP contribution in [0.25, 0.3) is 6.08 Å². The van der Waals surface area contributed by atoms with Crippen molar-refractivity contribution in [2.75, 3.05) is 32.4 Å². The second-order valence-electron chi connectivity index (χ2n) is 8.56. The average molecular weight is 487 g/mol. The molecule has 184 valence electrons. The van der Waals surface area contributed by atoms with Gasteiger partial charge in [-0.1, -0.05) is 35.9 Å². The van der Waals surface area contributed by atoms with Gasteiger partial charge in [0.1, 0.15) is 19.3 Å². The smallest absolute Gasteiger partial charge is 0.251 e. The fourth-order valence-corrected chi connectivity index (χ4v) is 4.06. The number of nitrogens with one attached hydrogen (secondary N) is 1. The van der Waals surface area contributed by atoms with Gasteiger partial charge in [0, 0.05) is 24.9 Å². The quantitative estimate of drug-likeness (QED) is 0.522. The molecule has 1 atom stereocenters. The van der Waals surface area contributed by atoms with E-state index in [-0.39, 0.29) is 18.6 Å². The SMILES string of the molecule is Cc1ccc([C@@H](C(=O)Nc2ccc3c(c2)OCCO3)N(C)C(=O)/C=C\c2ccc3c(c2)OCO3)cc1. The summed E-state index contributed by atoms with van der Waals surface area (Å²) in [6.07, 6.45) is 3.13. The van der Waals surface area contributed by atoms with Crippen molar-refractivity contribution in [3.63, 3.8) is 0 Å². The number of ether oxygens (including phenoxy) is 4. The third kappa shape index (κ3) is 4.98. The van der Waals surface area contributed by atoms with Gasteiger partial charge < -0.3 is 29.2 Å². The molecule has 0 aliphatic carbocycles. The van der Waals surface area contributed by atoms with Crippen LogP contribution in [0.1, 0.15) is 22.7 Å². The van der Waals surface area contributed by atoms with Crippen LogP contribution in [0.5, 0.6) is 23.0 Å². The van der Waals surface area contributed by atoms with Gasteiger partial charge in [-0.3, -0.25) is 9.59 Å². The van der Waals surface area contributed by atoms with Gasteiger partial charge in [-0.05, 0) is 48.4 Å². The van der Waals surface area contributed by atoms with Crippen molar-refractivity contribution >= 4 is 23.6 Å². The summed E-state index contributed by atoms with van der Waals surface area (Å²) in [5.74, 6) is 1.84. The molecule has 36 heavy (non-hydrogen) atoms. The van der Waals surface area contributed by atoms with Crippen molar-refractivity contribution in [2.24, 2.45) is 0 Å². The van der Waals surface area contributed by atoms with E-state index in [1.165, 1.54) is 11.0 Å². The summed E-state index contributed by atoms with van der Waals surface area (Å²) in [6, 6.07) is 17.4. The maximum Gasteiger partial charge on any atom is 0.251 e. The van der Waals surface area contributed by atoms with Crippen molar-refractivity contribution in [1.82, 2.24) is 4.90 Å². The molecule has 2 amide bonds. The van der Waals surface area contributed by atoms with Crippen LogP contribution in [-0.2, 0) is 9.59 Å². The summed E-state index contributed by atoms with van der Waals surface area (Å²) in [4.78, 5) is 28.0. The predicted molar refractivity (Wildman–Crippen MR) is 134 cm³/mol. The van der Waals surface area contributed by atoms with E-state index in [0.717, 1.165) is 11.1 Å². The summed E-state index contributed by atoms with van der Waals surface area (Å²) >= 11 is 0. The second kappa shape index (κ2) is 10.0. The number of fused-ring (bicyclic) bond motifs is 2. The third-order valence-corrected chi connectivity index (χ3v) is 6.00. The number of hydrogen-bond donors (Lipinski definition) is 1. The molecule has 8 nitrogen and oxygen atoms in total. The van der Waals surface area contributed by atoms with Crippen molar-refractivity contribution in [2.45, 2.75) is 13.0 Å². The molecule has 0 saturated carbocycles. The number of likely N-dealkylation sites (N-methyl/N-ethyl adjacent to an activating group) is 1. The molecular formula is C28H26N2O6. The Morgan fingerprint density at radius 2 is 1.53 bits per heavy atom. The van der Waals surface area contributed by atoms with Crippen molar-refractivity contribution in [3.05, 3.63) is 83.4 Å². The van der Waals surface area contributed by atoms with Gasteiger partial charge >= 0.3 is 0 Å². The number of nitrogens with zero attached hydrogens (tertiary/aromatic N) is 1. The Bertz CT molecular complexity index is 1320. The standard InChI is InChI=1S/C28H26N2O6/c1-18-3-7-20(8-4-18)27(28(32)29-21-9-11-22-25(16-21)34-14-13-33-22)30(2)26(31)12-6-19-5-10-23-24(15-19)36-17-35-23/h3-12,15-16,27H,13-14,17H2,1-2H3,(H,29,32)/b12-6-/t27-/m0/s1. The van der Waals surface area contributed by atoms with E-state index >= 15 is 0 Å². The number of amides is 2. The maximum atomic E-state index is 13.5. The minimum Gasteiger partial charge on any atom is -0.486 e. The largest absolute Gasteiger partial charge is 0.486 e. The fourth-order valence-electron chi connectivity index (χ4n) is 4.06. The van der Waals surface area contributed by atoms with E-state index < -0.39 is 6.04 Å². The normalized spacial score (nSPS) is 14.4. The number of carbonyl (C=O) groups excluding carboxylic acids is 2. The van der Waals surface area contributed by atoms with Gasteiger partial charge in [-0.15, -0.1) is 0 Å². The molecule has 0 fully saturated rings. The van der Waals surface area contributed by atoms with Crippen molar-refractivity contribution in [1.29, 1.82) is 0 Å². The molecule has 8 heteroatoms. The highest BCUT2D eigenvalue weighted by Gasteiger charge is 2.28. The van der Waals surface area contributed by atoms with E-state index in [1.54, 1.807) is 43.5 Å². The lowest BCUT2D eigenvalue weighted by molar-refractivity contribution is -0.133. The van der Waals surface area contributed by atoms with Crippen LogP contribution in [-0.4, -0.2) is 43.8 Å². The van der Waals surface area contributed by atoms with Crippen LogP contribution >= 0.6 is 0 Å². The Kier molecular flexibility index (Phi) is 6.49. The molecule has 0 aromatic heterocycles. The van der Waals surface area contributed by atoms with Crippen molar-refractivity contribution < 1.29 is 28.5 Å². The average Bonchev–Trinajstić information content (AvgIpc) is 3.36. The highest BCUT2D eigenvalue weighted by Crippen LogP contribution is 2.34. The van der Waals surface area contributed by atoms with E-state index in [4.69, 9.17) is 18.9 Å². The van der Waals surface area contributed by atoms with E-state index in [1.807, 2.05) is 37.3 Å². The Hall–Kier alpha value is -4.46. The van der Waals surface area contributed by atoms with Crippen LogP contribution in [0.15, 0.2) is 66.7 Å². The number of hydrogen-bond acceptors (Lipinski definition) is 6.